The number of para-hydroxylation sites is 1. The molecular formula is C25H26N6O3. The van der Waals surface area contributed by atoms with Crippen molar-refractivity contribution >= 4 is 22.8 Å². The van der Waals surface area contributed by atoms with Gasteiger partial charge in [0.05, 0.1) is 18.5 Å². The van der Waals surface area contributed by atoms with Gasteiger partial charge in [0.25, 0.3) is 0 Å². The first-order valence-corrected chi connectivity index (χ1v) is 10.8. The van der Waals surface area contributed by atoms with Gasteiger partial charge in [0.1, 0.15) is 29.3 Å². The van der Waals surface area contributed by atoms with E-state index in [0.717, 1.165) is 11.3 Å². The number of methoxy groups -OCH3 is 1. The third-order valence-electron chi connectivity index (χ3n) is 5.21. The number of nitrogens with zero attached hydrogens (tertiary/aromatic N) is 5. The molecule has 4 aromatic rings. The van der Waals surface area contributed by atoms with Crippen molar-refractivity contribution in [2.45, 2.75) is 6.54 Å². The number of hydrogen-bond acceptors (Lipinski definition) is 7. The molecule has 34 heavy (non-hydrogen) atoms. The second-order valence-corrected chi connectivity index (χ2v) is 7.59. The highest BCUT2D eigenvalue weighted by molar-refractivity contribution is 5.98. The number of ether oxygens (including phenoxy) is 2. The minimum Gasteiger partial charge on any atom is -0.457 e. The predicted molar refractivity (Wildman–Crippen MR) is 130 cm³/mol. The van der Waals surface area contributed by atoms with E-state index < -0.39 is 0 Å². The molecule has 2 N–H and O–H groups in total. The third kappa shape index (κ3) is 5.21. The van der Waals surface area contributed by atoms with Crippen molar-refractivity contribution in [1.29, 1.82) is 0 Å². The molecule has 2 aromatic heterocycles. The molecule has 9 nitrogen and oxygen atoms in total. The van der Waals surface area contributed by atoms with Crippen molar-refractivity contribution in [2.75, 3.05) is 33.0 Å². The second kappa shape index (κ2) is 10.6. The second-order valence-electron chi connectivity index (χ2n) is 7.59. The zero-order chi connectivity index (χ0) is 23.9. The van der Waals surface area contributed by atoms with Crippen molar-refractivity contribution in [3.05, 3.63) is 73.1 Å². The number of anilines is 1. The zero-order valence-electron chi connectivity index (χ0n) is 19.1. The van der Waals surface area contributed by atoms with Gasteiger partial charge in [0.15, 0.2) is 5.65 Å². The summed E-state index contributed by atoms with van der Waals surface area (Å²) in [6.07, 6.45) is 4.59. The van der Waals surface area contributed by atoms with E-state index in [0.29, 0.717) is 48.0 Å². The van der Waals surface area contributed by atoms with Crippen LogP contribution in [0.2, 0.25) is 0 Å². The van der Waals surface area contributed by atoms with Crippen molar-refractivity contribution in [3.8, 4) is 22.8 Å². The number of nitrogen functional groups attached to an aromatic ring is 1. The fourth-order valence-electron chi connectivity index (χ4n) is 3.42. The first-order valence-electron chi connectivity index (χ1n) is 10.8. The lowest BCUT2D eigenvalue weighted by atomic mass is 10.1. The van der Waals surface area contributed by atoms with Crippen LogP contribution >= 0.6 is 0 Å². The Morgan fingerprint density at radius 3 is 2.56 bits per heavy atom. The van der Waals surface area contributed by atoms with Crippen LogP contribution in [0.1, 0.15) is 0 Å². The highest BCUT2D eigenvalue weighted by atomic mass is 16.5. The molecule has 174 valence electrons. The fourth-order valence-corrected chi connectivity index (χ4v) is 3.42. The van der Waals surface area contributed by atoms with Gasteiger partial charge < -0.3 is 20.1 Å². The van der Waals surface area contributed by atoms with E-state index in [-0.39, 0.29) is 5.91 Å². The van der Waals surface area contributed by atoms with Gasteiger partial charge in [-0.3, -0.25) is 4.79 Å². The van der Waals surface area contributed by atoms with Crippen molar-refractivity contribution in [2.24, 2.45) is 0 Å². The quantitative estimate of drug-likeness (QED) is 0.382. The SMILES string of the molecule is COC/C=C/C(=O)N(C)CCn1nc(-c2ccc(Oc3ccccc3)cc2)c2c(N)ncnc21. The summed E-state index contributed by atoms with van der Waals surface area (Å²) in [6.45, 7) is 1.28. The number of hydrogen-bond donors (Lipinski definition) is 1. The van der Waals surface area contributed by atoms with Crippen LogP contribution in [0.4, 0.5) is 5.82 Å². The van der Waals surface area contributed by atoms with E-state index in [1.54, 1.807) is 29.8 Å². The van der Waals surface area contributed by atoms with Gasteiger partial charge >= 0.3 is 0 Å². The van der Waals surface area contributed by atoms with Crippen LogP contribution in [0, 0.1) is 0 Å². The molecule has 0 atom stereocenters. The number of likely N-dealkylation sites (N-methyl/N-ethyl adjacent to an activating group) is 1. The molecule has 9 heteroatoms. The maximum Gasteiger partial charge on any atom is 0.246 e. The molecule has 0 fully saturated rings. The van der Waals surface area contributed by atoms with Crippen LogP contribution in [0.3, 0.4) is 0 Å². The molecule has 1 amide bonds. The summed E-state index contributed by atoms with van der Waals surface area (Å²) in [5.74, 6) is 1.71. The molecule has 0 aliphatic carbocycles. The monoisotopic (exact) mass is 458 g/mol. The summed E-state index contributed by atoms with van der Waals surface area (Å²) in [5.41, 5.74) is 8.34. The molecule has 0 radical (unpaired) electrons. The van der Waals surface area contributed by atoms with Crippen LogP contribution in [0.25, 0.3) is 22.3 Å². The number of benzene rings is 2. The molecule has 0 spiro atoms. The molecule has 0 aliphatic heterocycles. The van der Waals surface area contributed by atoms with Crippen LogP contribution in [-0.2, 0) is 16.1 Å². The summed E-state index contributed by atoms with van der Waals surface area (Å²) < 4.78 is 12.6. The van der Waals surface area contributed by atoms with Crippen LogP contribution < -0.4 is 10.5 Å². The molecule has 2 aromatic carbocycles. The lowest BCUT2D eigenvalue weighted by Crippen LogP contribution is -2.29. The predicted octanol–water partition coefficient (Wildman–Crippen LogP) is 3.53. The number of carbonyl (C=O) groups excluding carboxylic acids is 1. The zero-order valence-corrected chi connectivity index (χ0v) is 19.1. The highest BCUT2D eigenvalue weighted by Crippen LogP contribution is 2.32. The Morgan fingerprint density at radius 2 is 1.82 bits per heavy atom. The normalized spacial score (nSPS) is 11.2. The average Bonchev–Trinajstić information content (AvgIpc) is 3.23. The lowest BCUT2D eigenvalue weighted by molar-refractivity contribution is -0.124. The lowest BCUT2D eigenvalue weighted by Gasteiger charge is -2.15. The van der Waals surface area contributed by atoms with Gasteiger partial charge in [0.2, 0.25) is 5.91 Å². The molecular weight excluding hydrogens is 432 g/mol. The first-order chi connectivity index (χ1) is 16.6. The number of nitrogens with two attached hydrogens (primary N) is 1. The van der Waals surface area contributed by atoms with Crippen molar-refractivity contribution < 1.29 is 14.3 Å². The van der Waals surface area contributed by atoms with E-state index >= 15 is 0 Å². The van der Waals surface area contributed by atoms with Gasteiger partial charge in [0, 0.05) is 32.3 Å². The smallest absolute Gasteiger partial charge is 0.246 e. The summed E-state index contributed by atoms with van der Waals surface area (Å²) in [4.78, 5) is 22.4. The maximum atomic E-state index is 12.2. The van der Waals surface area contributed by atoms with E-state index in [9.17, 15) is 4.79 Å². The van der Waals surface area contributed by atoms with E-state index in [2.05, 4.69) is 9.97 Å². The Labute approximate surface area is 197 Å². The van der Waals surface area contributed by atoms with E-state index in [1.807, 2.05) is 54.6 Å². The molecule has 0 saturated heterocycles. The van der Waals surface area contributed by atoms with Crippen LogP contribution in [0.5, 0.6) is 11.5 Å². The van der Waals surface area contributed by atoms with Crippen LogP contribution in [-0.4, -0.2) is 57.9 Å². The molecule has 0 unspecified atom stereocenters. The summed E-state index contributed by atoms with van der Waals surface area (Å²) in [5, 5.41) is 5.43. The number of carbonyl (C=O) groups is 1. The average molecular weight is 459 g/mol. The van der Waals surface area contributed by atoms with Crippen LogP contribution in [0.15, 0.2) is 73.1 Å². The van der Waals surface area contributed by atoms with Crippen molar-refractivity contribution in [1.82, 2.24) is 24.6 Å². The Kier molecular flexibility index (Phi) is 7.14. The fraction of sp³-hybridized carbons (Fsp3) is 0.200. The molecule has 4 rings (SSSR count). The van der Waals surface area contributed by atoms with Gasteiger partial charge in [-0.15, -0.1) is 0 Å². The maximum absolute atomic E-state index is 12.2. The highest BCUT2D eigenvalue weighted by Gasteiger charge is 2.18. The number of rotatable bonds is 9. The third-order valence-corrected chi connectivity index (χ3v) is 5.21. The van der Waals surface area contributed by atoms with E-state index in [1.165, 1.54) is 12.4 Å². The Balaban J connectivity index is 1.56. The largest absolute Gasteiger partial charge is 0.457 e. The molecule has 2 heterocycles. The minimum atomic E-state index is -0.114. The first kappa shape index (κ1) is 22.9. The molecule has 0 bridgehead atoms. The number of amides is 1. The van der Waals surface area contributed by atoms with Gasteiger partial charge in [-0.25, -0.2) is 14.6 Å². The number of aromatic nitrogens is 4. The van der Waals surface area contributed by atoms with E-state index in [4.69, 9.17) is 20.3 Å². The topological polar surface area (TPSA) is 108 Å². The standard InChI is InChI=1S/C25H26N6O3/c1-30(21(32)9-6-16-33-2)14-15-31-25-22(24(26)27-17-28-25)23(29-31)18-10-12-20(13-11-18)34-19-7-4-3-5-8-19/h3-13,17H,14-16H2,1-2H3,(H2,26,27,28)/b9-6+. The molecule has 0 aliphatic rings. The summed E-state index contributed by atoms with van der Waals surface area (Å²) in [6, 6.07) is 17.2. The minimum absolute atomic E-state index is 0.114. The van der Waals surface area contributed by atoms with Crippen molar-refractivity contribution in [3.63, 3.8) is 0 Å². The summed E-state index contributed by atoms with van der Waals surface area (Å²) in [7, 11) is 3.32. The summed E-state index contributed by atoms with van der Waals surface area (Å²) >= 11 is 0. The number of fused-ring (bicyclic) bond motifs is 1. The van der Waals surface area contributed by atoms with Gasteiger partial charge in [-0.2, -0.15) is 5.10 Å². The van der Waals surface area contributed by atoms with Gasteiger partial charge in [-0.1, -0.05) is 24.3 Å². The Hall–Kier alpha value is -4.24. The Morgan fingerprint density at radius 1 is 1.09 bits per heavy atom. The van der Waals surface area contributed by atoms with Gasteiger partial charge in [-0.05, 0) is 36.4 Å². The Bertz CT molecular complexity index is 1290. The molecule has 0 saturated carbocycles.